The van der Waals surface area contributed by atoms with Gasteiger partial charge in [-0.15, -0.1) is 0 Å². The maximum absolute atomic E-state index is 12.4. The van der Waals surface area contributed by atoms with Crippen LogP contribution in [0.25, 0.3) is 0 Å². The number of carbonyl (C=O) groups excluding carboxylic acids is 2. The lowest BCUT2D eigenvalue weighted by atomic mass is 9.94. The van der Waals surface area contributed by atoms with Gasteiger partial charge >= 0.3 is 0 Å². The predicted molar refractivity (Wildman–Crippen MR) is 72.4 cm³/mol. The van der Waals surface area contributed by atoms with Gasteiger partial charge in [0.15, 0.2) is 0 Å². The number of hydrogen-bond donors (Lipinski definition) is 1. The van der Waals surface area contributed by atoms with Crippen molar-refractivity contribution in [1.29, 1.82) is 0 Å². The van der Waals surface area contributed by atoms with Crippen molar-refractivity contribution in [3.8, 4) is 0 Å². The largest absolute Gasteiger partial charge is 0.302 e. The Morgan fingerprint density at radius 3 is 2.68 bits per heavy atom. The van der Waals surface area contributed by atoms with Crippen LogP contribution in [-0.4, -0.2) is 34.8 Å². The summed E-state index contributed by atoms with van der Waals surface area (Å²) in [4.78, 5) is 25.8. The van der Waals surface area contributed by atoms with Crippen LogP contribution in [-0.2, 0) is 9.59 Å². The number of rotatable bonds is 4. The molecule has 1 heterocycles. The first-order valence-corrected chi connectivity index (χ1v) is 7.72. The second-order valence-corrected chi connectivity index (χ2v) is 6.56. The second-order valence-electron chi connectivity index (χ2n) is 6.56. The van der Waals surface area contributed by atoms with Crippen LogP contribution < -0.4 is 5.32 Å². The molecule has 3 fully saturated rings. The fourth-order valence-electron chi connectivity index (χ4n) is 4.13. The van der Waals surface area contributed by atoms with Gasteiger partial charge < -0.3 is 5.32 Å². The van der Waals surface area contributed by atoms with E-state index < -0.39 is 0 Å². The highest BCUT2D eigenvalue weighted by Crippen LogP contribution is 2.44. The molecule has 1 aliphatic heterocycles. The van der Waals surface area contributed by atoms with Gasteiger partial charge in [0.05, 0.1) is 12.5 Å². The summed E-state index contributed by atoms with van der Waals surface area (Å²) in [5.74, 6) is 1.60. The number of carbonyl (C=O) groups is 2. The molecule has 5 atom stereocenters. The average molecular weight is 264 g/mol. The van der Waals surface area contributed by atoms with Gasteiger partial charge in [-0.05, 0) is 44.4 Å². The summed E-state index contributed by atoms with van der Waals surface area (Å²) < 4.78 is 0. The predicted octanol–water partition coefficient (Wildman–Crippen LogP) is 1.69. The number of nitrogens with one attached hydrogen (secondary N) is 1. The van der Waals surface area contributed by atoms with E-state index in [0.717, 1.165) is 18.3 Å². The van der Waals surface area contributed by atoms with E-state index in [4.69, 9.17) is 0 Å². The van der Waals surface area contributed by atoms with Crippen LogP contribution >= 0.6 is 0 Å². The number of nitrogens with zero attached hydrogens (tertiary/aromatic N) is 1. The zero-order valence-electron chi connectivity index (χ0n) is 11.9. The molecule has 19 heavy (non-hydrogen) atoms. The third-order valence-corrected chi connectivity index (χ3v) is 5.37. The van der Waals surface area contributed by atoms with Crippen LogP contribution in [0.5, 0.6) is 0 Å². The number of hydrogen-bond acceptors (Lipinski definition) is 3. The van der Waals surface area contributed by atoms with E-state index in [-0.39, 0.29) is 23.9 Å². The van der Waals surface area contributed by atoms with Crippen molar-refractivity contribution in [2.75, 3.05) is 0 Å². The Kier molecular flexibility index (Phi) is 3.37. The maximum atomic E-state index is 12.4. The van der Waals surface area contributed by atoms with E-state index in [2.05, 4.69) is 5.32 Å². The lowest BCUT2D eigenvalue weighted by Gasteiger charge is -2.26. The molecule has 0 aromatic carbocycles. The zero-order chi connectivity index (χ0) is 13.6. The molecule has 5 unspecified atom stereocenters. The summed E-state index contributed by atoms with van der Waals surface area (Å²) in [7, 11) is 0. The average Bonchev–Trinajstić information content (AvgIpc) is 3.05. The molecule has 2 bridgehead atoms. The van der Waals surface area contributed by atoms with E-state index in [9.17, 15) is 9.59 Å². The third-order valence-electron chi connectivity index (χ3n) is 5.37. The first-order valence-electron chi connectivity index (χ1n) is 7.72. The van der Waals surface area contributed by atoms with Crippen LogP contribution in [0.1, 0.15) is 52.4 Å². The van der Waals surface area contributed by atoms with E-state index in [0.29, 0.717) is 12.5 Å². The fraction of sp³-hybridized carbons (Fsp3) is 0.867. The van der Waals surface area contributed by atoms with Gasteiger partial charge in [0, 0.05) is 12.1 Å². The van der Waals surface area contributed by atoms with Crippen molar-refractivity contribution in [3.05, 3.63) is 0 Å². The topological polar surface area (TPSA) is 49.4 Å². The van der Waals surface area contributed by atoms with E-state index in [1.165, 1.54) is 30.6 Å². The van der Waals surface area contributed by atoms with Crippen molar-refractivity contribution in [3.63, 3.8) is 0 Å². The van der Waals surface area contributed by atoms with Gasteiger partial charge in [-0.3, -0.25) is 14.5 Å². The Morgan fingerprint density at radius 1 is 1.32 bits per heavy atom. The van der Waals surface area contributed by atoms with Crippen molar-refractivity contribution in [2.45, 2.75) is 70.5 Å². The normalized spacial score (nSPS) is 39.4. The molecule has 0 aromatic rings. The molecule has 2 amide bonds. The highest BCUT2D eigenvalue weighted by atomic mass is 16.2. The minimum Gasteiger partial charge on any atom is -0.302 e. The maximum Gasteiger partial charge on any atom is 0.247 e. The van der Waals surface area contributed by atoms with Gasteiger partial charge in [-0.1, -0.05) is 13.3 Å². The molecule has 3 aliphatic rings. The molecule has 106 valence electrons. The molecule has 4 heteroatoms. The summed E-state index contributed by atoms with van der Waals surface area (Å²) in [5, 5.41) is 3.49. The Morgan fingerprint density at radius 2 is 2.11 bits per heavy atom. The lowest BCUT2D eigenvalue weighted by Crippen LogP contribution is -2.47. The van der Waals surface area contributed by atoms with E-state index in [1.54, 1.807) is 0 Å². The van der Waals surface area contributed by atoms with Crippen molar-refractivity contribution < 1.29 is 9.59 Å². The van der Waals surface area contributed by atoms with Crippen LogP contribution in [0.4, 0.5) is 0 Å². The Labute approximate surface area is 114 Å². The van der Waals surface area contributed by atoms with Crippen molar-refractivity contribution in [2.24, 2.45) is 11.8 Å². The number of fused-ring (bicyclic) bond motifs is 2. The number of amides is 2. The van der Waals surface area contributed by atoms with Gasteiger partial charge in [0.2, 0.25) is 11.8 Å². The summed E-state index contributed by atoms with van der Waals surface area (Å²) in [5.41, 5.74) is 0. The minimum atomic E-state index is -0.258. The van der Waals surface area contributed by atoms with Crippen LogP contribution in [0.2, 0.25) is 0 Å². The molecule has 1 N–H and O–H groups in total. The van der Waals surface area contributed by atoms with E-state index >= 15 is 0 Å². The van der Waals surface area contributed by atoms with Gasteiger partial charge in [-0.2, -0.15) is 0 Å². The highest BCUT2D eigenvalue weighted by Gasteiger charge is 2.45. The molecule has 0 aromatic heterocycles. The third kappa shape index (κ3) is 2.20. The highest BCUT2D eigenvalue weighted by molar-refractivity contribution is 6.05. The molecular weight excluding hydrogens is 240 g/mol. The first-order chi connectivity index (χ1) is 9.10. The quantitative estimate of drug-likeness (QED) is 0.786. The Balaban J connectivity index is 1.63. The van der Waals surface area contributed by atoms with E-state index in [1.807, 2.05) is 13.8 Å². The molecule has 0 radical (unpaired) electrons. The Hall–Kier alpha value is -0.900. The molecule has 2 aliphatic carbocycles. The first kappa shape index (κ1) is 13.1. The summed E-state index contributed by atoms with van der Waals surface area (Å²) in [6, 6.07) is 0.245. The van der Waals surface area contributed by atoms with Crippen molar-refractivity contribution in [1.82, 2.24) is 10.2 Å². The zero-order valence-corrected chi connectivity index (χ0v) is 11.9. The lowest BCUT2D eigenvalue weighted by molar-refractivity contribution is -0.141. The SMILES string of the molecule is CCC(C)N1C(=O)CC(NC2CC3CCC2C3)C1=O. The van der Waals surface area contributed by atoms with Crippen LogP contribution in [0.15, 0.2) is 0 Å². The number of imide groups is 1. The fourth-order valence-corrected chi connectivity index (χ4v) is 4.13. The molecule has 0 spiro atoms. The molecular formula is C15H24N2O2. The van der Waals surface area contributed by atoms with Crippen molar-refractivity contribution >= 4 is 11.8 Å². The summed E-state index contributed by atoms with van der Waals surface area (Å²) in [6.45, 7) is 3.97. The smallest absolute Gasteiger partial charge is 0.247 e. The molecule has 3 rings (SSSR count). The second kappa shape index (κ2) is 4.89. The standard InChI is InChI=1S/C15H24N2O2/c1-3-9(2)17-14(18)8-13(15(17)19)16-12-7-10-4-5-11(12)6-10/h9-13,16H,3-8H2,1-2H3. The number of likely N-dealkylation sites (tertiary alicyclic amines) is 1. The van der Waals surface area contributed by atoms with Crippen LogP contribution in [0.3, 0.4) is 0 Å². The Bertz CT molecular complexity index is 396. The minimum absolute atomic E-state index is 0.00000591. The molecule has 2 saturated carbocycles. The molecule has 1 saturated heterocycles. The van der Waals surface area contributed by atoms with Gasteiger partial charge in [0.1, 0.15) is 0 Å². The summed E-state index contributed by atoms with van der Waals surface area (Å²) in [6.07, 6.45) is 6.37. The summed E-state index contributed by atoms with van der Waals surface area (Å²) >= 11 is 0. The molecule has 4 nitrogen and oxygen atoms in total. The van der Waals surface area contributed by atoms with Gasteiger partial charge in [0.25, 0.3) is 0 Å². The monoisotopic (exact) mass is 264 g/mol. The van der Waals surface area contributed by atoms with Crippen LogP contribution in [0, 0.1) is 11.8 Å². The van der Waals surface area contributed by atoms with Gasteiger partial charge in [-0.25, -0.2) is 0 Å².